The molecule has 0 spiro atoms. The van der Waals surface area contributed by atoms with Crippen LogP contribution in [0.25, 0.3) is 0 Å². The smallest absolute Gasteiger partial charge is 0.209 e. The number of hydrogen-bond donors (Lipinski definition) is 1. The second kappa shape index (κ2) is 6.14. The molecule has 20 heavy (non-hydrogen) atoms. The molecule has 0 aliphatic carbocycles. The molecule has 1 heterocycles. The molecule has 1 N–H and O–H groups in total. The molecule has 1 aromatic rings. The minimum absolute atomic E-state index is 0.194. The third-order valence-corrected chi connectivity index (χ3v) is 4.71. The maximum absolute atomic E-state index is 11.2. The fraction of sp³-hybridized carbons (Fsp3) is 0.600. The third kappa shape index (κ3) is 4.21. The van der Waals surface area contributed by atoms with Crippen LogP contribution >= 0.6 is 0 Å². The van der Waals surface area contributed by atoms with Crippen molar-refractivity contribution in [2.75, 3.05) is 24.2 Å². The van der Waals surface area contributed by atoms with Gasteiger partial charge in [0.15, 0.2) is 0 Å². The summed E-state index contributed by atoms with van der Waals surface area (Å²) >= 11 is 0. The average molecular weight is 296 g/mol. The van der Waals surface area contributed by atoms with Crippen molar-refractivity contribution in [2.45, 2.75) is 32.7 Å². The Hall–Kier alpha value is -1.07. The summed E-state index contributed by atoms with van der Waals surface area (Å²) in [5.74, 6) is 0.824. The van der Waals surface area contributed by atoms with Gasteiger partial charge in [-0.15, -0.1) is 0 Å². The van der Waals surface area contributed by atoms with Crippen LogP contribution in [0.15, 0.2) is 24.3 Å². The first-order chi connectivity index (χ1) is 9.35. The molecule has 112 valence electrons. The second-order valence-electron chi connectivity index (χ2n) is 5.87. The normalized spacial score (nSPS) is 19.1. The van der Waals surface area contributed by atoms with E-state index in [2.05, 4.69) is 28.7 Å². The highest BCUT2D eigenvalue weighted by Gasteiger charge is 2.16. The van der Waals surface area contributed by atoms with Gasteiger partial charge in [0.25, 0.3) is 0 Å². The number of nitrogens with one attached hydrogen (secondary N) is 1. The van der Waals surface area contributed by atoms with Crippen LogP contribution in [0.2, 0.25) is 0 Å². The molecule has 1 saturated heterocycles. The Bertz CT molecular complexity index is 531. The SMILES string of the molecule is CC1CCN(c2ccc([C@@H](C)NS(C)(=O)=O)cc2)CC1. The molecule has 0 radical (unpaired) electrons. The van der Waals surface area contributed by atoms with Gasteiger partial charge in [0.1, 0.15) is 0 Å². The lowest BCUT2D eigenvalue weighted by Gasteiger charge is -2.32. The van der Waals surface area contributed by atoms with Gasteiger partial charge in [-0.1, -0.05) is 19.1 Å². The summed E-state index contributed by atoms with van der Waals surface area (Å²) in [5.41, 5.74) is 2.22. The van der Waals surface area contributed by atoms with Gasteiger partial charge < -0.3 is 4.90 Å². The van der Waals surface area contributed by atoms with Gasteiger partial charge in [-0.2, -0.15) is 0 Å². The Morgan fingerprint density at radius 1 is 1.20 bits per heavy atom. The van der Waals surface area contributed by atoms with Crippen molar-refractivity contribution in [3.8, 4) is 0 Å². The van der Waals surface area contributed by atoms with Crippen LogP contribution in [0, 0.1) is 5.92 Å². The van der Waals surface area contributed by atoms with Gasteiger partial charge in [0.05, 0.1) is 6.26 Å². The standard InChI is InChI=1S/C15H24N2O2S/c1-12-8-10-17(11-9-12)15-6-4-14(5-7-15)13(2)16-20(3,18)19/h4-7,12-13,16H,8-11H2,1-3H3/t13-/m1/s1. The molecule has 0 saturated carbocycles. The van der Waals surface area contributed by atoms with Crippen molar-refractivity contribution < 1.29 is 8.42 Å². The summed E-state index contributed by atoms with van der Waals surface area (Å²) < 4.78 is 25.1. The van der Waals surface area contributed by atoms with Gasteiger partial charge in [-0.05, 0) is 43.4 Å². The molecule has 5 heteroatoms. The number of piperidine rings is 1. The Kier molecular flexibility index (Phi) is 4.70. The molecule has 1 aliphatic heterocycles. The van der Waals surface area contributed by atoms with E-state index in [0.29, 0.717) is 0 Å². The van der Waals surface area contributed by atoms with E-state index in [9.17, 15) is 8.42 Å². The zero-order chi connectivity index (χ0) is 14.8. The van der Waals surface area contributed by atoms with Crippen LogP contribution in [0.1, 0.15) is 38.3 Å². The number of hydrogen-bond acceptors (Lipinski definition) is 3. The van der Waals surface area contributed by atoms with Crippen LogP contribution in [-0.2, 0) is 10.0 Å². The predicted molar refractivity (Wildman–Crippen MR) is 83.4 cm³/mol. The van der Waals surface area contributed by atoms with Crippen molar-refractivity contribution in [3.63, 3.8) is 0 Å². The molecule has 1 atom stereocenters. The second-order valence-corrected chi connectivity index (χ2v) is 7.65. The summed E-state index contributed by atoms with van der Waals surface area (Å²) in [5, 5.41) is 0. The summed E-state index contributed by atoms with van der Waals surface area (Å²) in [6.45, 7) is 6.38. The molecule has 2 rings (SSSR count). The number of benzene rings is 1. The molecule has 1 aliphatic rings. The van der Waals surface area contributed by atoms with Crippen LogP contribution < -0.4 is 9.62 Å². The van der Waals surface area contributed by atoms with E-state index in [0.717, 1.165) is 24.6 Å². The molecule has 0 bridgehead atoms. The Morgan fingerprint density at radius 2 is 1.75 bits per heavy atom. The quantitative estimate of drug-likeness (QED) is 0.929. The topological polar surface area (TPSA) is 49.4 Å². The molecular formula is C15H24N2O2S. The van der Waals surface area contributed by atoms with Crippen LogP contribution in [0.3, 0.4) is 0 Å². The van der Waals surface area contributed by atoms with E-state index < -0.39 is 10.0 Å². The molecule has 1 fully saturated rings. The van der Waals surface area contributed by atoms with Crippen LogP contribution in [0.4, 0.5) is 5.69 Å². The molecular weight excluding hydrogens is 272 g/mol. The summed E-state index contributed by atoms with van der Waals surface area (Å²) in [6.07, 6.45) is 3.67. The molecule has 0 aromatic heterocycles. The van der Waals surface area contributed by atoms with Crippen molar-refractivity contribution >= 4 is 15.7 Å². The van der Waals surface area contributed by atoms with E-state index in [1.807, 2.05) is 19.1 Å². The Balaban J connectivity index is 2.03. The largest absolute Gasteiger partial charge is 0.372 e. The first kappa shape index (κ1) is 15.3. The van der Waals surface area contributed by atoms with E-state index in [-0.39, 0.29) is 6.04 Å². The van der Waals surface area contributed by atoms with Gasteiger partial charge >= 0.3 is 0 Å². The number of anilines is 1. The highest BCUT2D eigenvalue weighted by molar-refractivity contribution is 7.88. The lowest BCUT2D eigenvalue weighted by molar-refractivity contribution is 0.438. The highest BCUT2D eigenvalue weighted by atomic mass is 32.2. The number of nitrogens with zero attached hydrogens (tertiary/aromatic N) is 1. The Labute approximate surface area is 122 Å². The Morgan fingerprint density at radius 3 is 2.25 bits per heavy atom. The lowest BCUT2D eigenvalue weighted by Crippen LogP contribution is -2.32. The third-order valence-electron chi connectivity index (χ3n) is 3.93. The monoisotopic (exact) mass is 296 g/mol. The fourth-order valence-electron chi connectivity index (χ4n) is 2.63. The average Bonchev–Trinajstić information content (AvgIpc) is 2.38. The predicted octanol–water partition coefficient (Wildman–Crippen LogP) is 2.53. The summed E-state index contributed by atoms with van der Waals surface area (Å²) in [6, 6.07) is 8.00. The summed E-state index contributed by atoms with van der Waals surface area (Å²) in [4.78, 5) is 2.40. The zero-order valence-corrected chi connectivity index (χ0v) is 13.3. The fourth-order valence-corrected chi connectivity index (χ4v) is 3.41. The van der Waals surface area contributed by atoms with E-state index in [1.165, 1.54) is 24.8 Å². The van der Waals surface area contributed by atoms with E-state index in [4.69, 9.17) is 0 Å². The number of rotatable bonds is 4. The summed E-state index contributed by atoms with van der Waals surface area (Å²) in [7, 11) is -3.17. The molecule has 0 unspecified atom stereocenters. The molecule has 0 amide bonds. The van der Waals surface area contributed by atoms with Crippen molar-refractivity contribution in [1.29, 1.82) is 0 Å². The minimum atomic E-state index is -3.17. The van der Waals surface area contributed by atoms with Gasteiger partial charge in [-0.3, -0.25) is 0 Å². The van der Waals surface area contributed by atoms with Crippen molar-refractivity contribution in [1.82, 2.24) is 4.72 Å². The first-order valence-corrected chi connectivity index (χ1v) is 9.06. The van der Waals surface area contributed by atoms with Crippen LogP contribution in [0.5, 0.6) is 0 Å². The maximum atomic E-state index is 11.2. The van der Waals surface area contributed by atoms with Crippen LogP contribution in [-0.4, -0.2) is 27.8 Å². The highest BCUT2D eigenvalue weighted by Crippen LogP contribution is 2.24. The van der Waals surface area contributed by atoms with Gasteiger partial charge in [0.2, 0.25) is 10.0 Å². The number of sulfonamides is 1. The lowest BCUT2D eigenvalue weighted by atomic mass is 9.98. The minimum Gasteiger partial charge on any atom is -0.372 e. The van der Waals surface area contributed by atoms with E-state index in [1.54, 1.807) is 0 Å². The maximum Gasteiger partial charge on any atom is 0.209 e. The molecule has 4 nitrogen and oxygen atoms in total. The zero-order valence-electron chi connectivity index (χ0n) is 12.5. The van der Waals surface area contributed by atoms with Crippen molar-refractivity contribution in [3.05, 3.63) is 29.8 Å². The van der Waals surface area contributed by atoms with Crippen molar-refractivity contribution in [2.24, 2.45) is 5.92 Å². The van der Waals surface area contributed by atoms with E-state index >= 15 is 0 Å². The van der Waals surface area contributed by atoms with Gasteiger partial charge in [0, 0.05) is 24.8 Å². The first-order valence-electron chi connectivity index (χ1n) is 7.17. The van der Waals surface area contributed by atoms with Gasteiger partial charge in [-0.25, -0.2) is 13.1 Å². The molecule has 1 aromatic carbocycles.